The van der Waals surface area contributed by atoms with Gasteiger partial charge in [-0.2, -0.15) is 18.3 Å². The highest BCUT2D eigenvalue weighted by molar-refractivity contribution is 5.58. The van der Waals surface area contributed by atoms with Crippen molar-refractivity contribution in [3.63, 3.8) is 0 Å². The molecule has 6 rings (SSSR count). The molecule has 7 nitrogen and oxygen atoms in total. The Kier molecular flexibility index (Phi) is 6.78. The molecule has 0 bridgehead atoms. The van der Waals surface area contributed by atoms with Crippen molar-refractivity contribution in [3.05, 3.63) is 93.2 Å². The number of alkyl halides is 3. The second kappa shape index (κ2) is 10.3. The summed E-state index contributed by atoms with van der Waals surface area (Å²) in [7, 11) is 0. The largest absolute Gasteiger partial charge is 0.418 e. The number of hydrogen-bond acceptors (Lipinski definition) is 3. The fourth-order valence-corrected chi connectivity index (χ4v) is 6.36. The van der Waals surface area contributed by atoms with Gasteiger partial charge in [0.25, 0.3) is 0 Å². The summed E-state index contributed by atoms with van der Waals surface area (Å²) < 4.78 is 45.2. The van der Waals surface area contributed by atoms with Gasteiger partial charge in [-0.15, -0.1) is 0 Å². The van der Waals surface area contributed by atoms with Crippen molar-refractivity contribution >= 4 is 11.2 Å². The van der Waals surface area contributed by atoms with E-state index in [1.165, 1.54) is 23.0 Å². The first-order valence-corrected chi connectivity index (χ1v) is 13.8. The fourth-order valence-electron chi connectivity index (χ4n) is 6.36. The van der Waals surface area contributed by atoms with Crippen molar-refractivity contribution in [1.29, 1.82) is 0 Å². The summed E-state index contributed by atoms with van der Waals surface area (Å²) in [5.41, 5.74) is 1.52. The van der Waals surface area contributed by atoms with E-state index in [4.69, 9.17) is 6.57 Å². The average Bonchev–Trinajstić information content (AvgIpc) is 3.49. The van der Waals surface area contributed by atoms with Gasteiger partial charge in [-0.3, -0.25) is 19.0 Å². The lowest BCUT2D eigenvalue weighted by molar-refractivity contribution is -0.136. The number of nitrogens with zero attached hydrogens (tertiary/aromatic N) is 5. The predicted molar refractivity (Wildman–Crippen MR) is 146 cm³/mol. The molecule has 4 heterocycles. The van der Waals surface area contributed by atoms with E-state index in [0.717, 1.165) is 60.9 Å². The Hall–Kier alpha value is -3.84. The van der Waals surface area contributed by atoms with Gasteiger partial charge >= 0.3 is 11.9 Å². The van der Waals surface area contributed by atoms with Gasteiger partial charge in [0, 0.05) is 37.1 Å². The minimum absolute atomic E-state index is 0.114. The van der Waals surface area contributed by atoms with Crippen molar-refractivity contribution in [2.75, 3.05) is 13.1 Å². The molecule has 0 radical (unpaired) electrons. The predicted octanol–water partition coefficient (Wildman–Crippen LogP) is 6.55. The second-order valence-electron chi connectivity index (χ2n) is 11.3. The quantitative estimate of drug-likeness (QED) is 0.278. The average molecular weight is 549 g/mol. The first kappa shape index (κ1) is 26.4. The van der Waals surface area contributed by atoms with E-state index < -0.39 is 17.4 Å². The number of aromatic nitrogens is 4. The number of pyridine rings is 1. The Morgan fingerprint density at radius 1 is 1.18 bits per heavy atom. The van der Waals surface area contributed by atoms with Crippen LogP contribution in [0.4, 0.5) is 18.9 Å². The molecule has 40 heavy (non-hydrogen) atoms. The minimum atomic E-state index is -4.61. The Morgan fingerprint density at radius 2 is 2.00 bits per heavy atom. The van der Waals surface area contributed by atoms with Crippen LogP contribution in [-0.4, -0.2) is 37.2 Å². The Balaban J connectivity index is 1.43. The number of rotatable bonds is 6. The van der Waals surface area contributed by atoms with E-state index in [1.807, 2.05) is 18.2 Å². The molecule has 208 valence electrons. The summed E-state index contributed by atoms with van der Waals surface area (Å²) >= 11 is 0. The summed E-state index contributed by atoms with van der Waals surface area (Å²) in [4.78, 5) is 19.4. The number of fused-ring (bicyclic) bond motifs is 1. The highest BCUT2D eigenvalue weighted by atomic mass is 19.4. The molecule has 2 aliphatic rings. The van der Waals surface area contributed by atoms with Crippen LogP contribution >= 0.6 is 0 Å². The van der Waals surface area contributed by atoms with Gasteiger partial charge < -0.3 is 0 Å². The van der Waals surface area contributed by atoms with E-state index in [9.17, 15) is 18.0 Å². The van der Waals surface area contributed by atoms with Crippen LogP contribution in [-0.2, 0) is 12.7 Å². The lowest BCUT2D eigenvalue weighted by Crippen LogP contribution is -2.34. The summed E-state index contributed by atoms with van der Waals surface area (Å²) in [5, 5.41) is 7.08. The number of imidazole rings is 1. The number of halogens is 3. The first-order chi connectivity index (χ1) is 19.2. The maximum atomic E-state index is 14.2. The van der Waals surface area contributed by atoms with Gasteiger partial charge in [0.1, 0.15) is 0 Å². The molecule has 2 atom stereocenters. The maximum Gasteiger partial charge on any atom is 0.418 e. The van der Waals surface area contributed by atoms with Crippen molar-refractivity contribution in [3.8, 4) is 5.69 Å². The van der Waals surface area contributed by atoms with Gasteiger partial charge in [-0.1, -0.05) is 25.5 Å². The number of piperidine rings is 1. The van der Waals surface area contributed by atoms with Gasteiger partial charge in [0.2, 0.25) is 5.69 Å². The standard InChI is InChI=1S/C30H31F3N6O/c1-19-6-5-11-37(15-19)16-20-12-24(30(31,32)33)26-18-38(29(40)39(26)17-20)23-10-4-9-22(13-23)27(21-7-3-8-21)28-25(34-2)14-35-36-28/h4,9-10,12-14,17-19,21,27H,3,5-8,11,15-16H2,1H3,(H,35,36)/t19-,27-/m0/s1. The van der Waals surface area contributed by atoms with Crippen LogP contribution in [0, 0.1) is 18.4 Å². The molecule has 1 saturated heterocycles. The molecule has 1 N–H and O–H groups in total. The molecule has 1 aliphatic carbocycles. The zero-order chi connectivity index (χ0) is 28.0. The summed E-state index contributed by atoms with van der Waals surface area (Å²) in [6, 6.07) is 8.52. The molecule has 1 aliphatic heterocycles. The molecule has 1 aromatic carbocycles. The second-order valence-corrected chi connectivity index (χ2v) is 11.3. The number of aromatic amines is 1. The van der Waals surface area contributed by atoms with E-state index in [1.54, 1.807) is 12.3 Å². The van der Waals surface area contributed by atoms with Crippen LogP contribution in [0.15, 0.2) is 53.7 Å². The fraction of sp³-hybridized carbons (Fsp3) is 0.433. The topological polar surface area (TPSA) is 62.7 Å². The Morgan fingerprint density at radius 3 is 2.70 bits per heavy atom. The molecular weight excluding hydrogens is 517 g/mol. The molecule has 0 spiro atoms. The van der Waals surface area contributed by atoms with Crippen molar-refractivity contribution in [2.45, 2.75) is 57.7 Å². The molecule has 0 unspecified atom stereocenters. The normalized spacial score (nSPS) is 19.4. The van der Waals surface area contributed by atoms with Crippen LogP contribution < -0.4 is 5.69 Å². The third-order valence-electron chi connectivity index (χ3n) is 8.48. The number of benzene rings is 1. The monoisotopic (exact) mass is 548 g/mol. The highest BCUT2D eigenvalue weighted by Gasteiger charge is 2.35. The third-order valence-corrected chi connectivity index (χ3v) is 8.48. The van der Waals surface area contributed by atoms with Crippen LogP contribution in [0.5, 0.6) is 0 Å². The first-order valence-electron chi connectivity index (χ1n) is 13.8. The molecule has 10 heteroatoms. The molecule has 3 aromatic heterocycles. The molecule has 4 aromatic rings. The lowest BCUT2D eigenvalue weighted by Gasteiger charge is -2.34. The number of nitrogens with one attached hydrogen (secondary N) is 1. The SMILES string of the molecule is [C-]#[N+]c1cn[nH]c1[C@H](c1cccc(-n2cc3c(C(F)(F)F)cc(CN4CCC[C@H](C)C4)cn3c2=O)c1)C1CCC1. The van der Waals surface area contributed by atoms with Crippen LogP contribution in [0.3, 0.4) is 0 Å². The van der Waals surface area contributed by atoms with Crippen molar-refractivity contribution in [2.24, 2.45) is 11.8 Å². The van der Waals surface area contributed by atoms with Gasteiger partial charge in [0.05, 0.1) is 29.5 Å². The third kappa shape index (κ3) is 4.83. The summed E-state index contributed by atoms with van der Waals surface area (Å²) in [6.45, 7) is 11.7. The number of likely N-dealkylation sites (tertiary alicyclic amines) is 1. The van der Waals surface area contributed by atoms with Crippen molar-refractivity contribution in [1.82, 2.24) is 24.1 Å². The molecule has 1 saturated carbocycles. The van der Waals surface area contributed by atoms with Gasteiger partial charge in [0.15, 0.2) is 0 Å². The Bertz CT molecular complexity index is 1640. The van der Waals surface area contributed by atoms with E-state index in [0.29, 0.717) is 35.3 Å². The summed E-state index contributed by atoms with van der Waals surface area (Å²) in [6.07, 6.45) is 5.00. The van der Waals surface area contributed by atoms with E-state index in [-0.39, 0.29) is 11.4 Å². The van der Waals surface area contributed by atoms with Crippen LogP contribution in [0.2, 0.25) is 0 Å². The van der Waals surface area contributed by atoms with Crippen LogP contribution in [0.25, 0.3) is 16.0 Å². The Labute approximate surface area is 230 Å². The van der Waals surface area contributed by atoms with Gasteiger partial charge in [-0.25, -0.2) is 9.64 Å². The van der Waals surface area contributed by atoms with Gasteiger partial charge in [-0.05, 0) is 73.4 Å². The summed E-state index contributed by atoms with van der Waals surface area (Å²) in [5.74, 6) is 0.697. The molecule has 0 amide bonds. The smallest absolute Gasteiger partial charge is 0.299 e. The highest BCUT2D eigenvalue weighted by Crippen LogP contribution is 2.45. The number of H-pyrrole nitrogens is 1. The molecular formula is C30H31F3N6O. The van der Waals surface area contributed by atoms with E-state index in [2.05, 4.69) is 26.9 Å². The van der Waals surface area contributed by atoms with Crippen LogP contribution in [0.1, 0.15) is 67.3 Å². The maximum absolute atomic E-state index is 14.2. The lowest BCUT2D eigenvalue weighted by atomic mass is 9.71. The van der Waals surface area contributed by atoms with Crippen molar-refractivity contribution < 1.29 is 13.2 Å². The number of hydrogen-bond donors (Lipinski definition) is 1. The zero-order valence-electron chi connectivity index (χ0n) is 22.3. The minimum Gasteiger partial charge on any atom is -0.299 e. The molecule has 2 fully saturated rings. The zero-order valence-corrected chi connectivity index (χ0v) is 22.3. The van der Waals surface area contributed by atoms with E-state index >= 15 is 0 Å².